The van der Waals surface area contributed by atoms with Crippen LogP contribution in [0.1, 0.15) is 20.3 Å². The number of methoxy groups -OCH3 is 1. The number of ether oxygens (including phenoxy) is 1. The second-order valence-corrected chi connectivity index (χ2v) is 2.75. The van der Waals surface area contributed by atoms with E-state index in [0.29, 0.717) is 6.42 Å². The fourth-order valence-corrected chi connectivity index (χ4v) is 0.666. The van der Waals surface area contributed by atoms with E-state index in [-0.39, 0.29) is 17.8 Å². The van der Waals surface area contributed by atoms with Crippen molar-refractivity contribution in [2.75, 3.05) is 7.11 Å². The molecule has 11 heavy (non-hydrogen) atoms. The van der Waals surface area contributed by atoms with E-state index >= 15 is 0 Å². The molecule has 0 bridgehead atoms. The average Bonchev–Trinajstić information content (AvgIpc) is 2.02. The first-order valence-electron chi connectivity index (χ1n) is 3.64. The molecule has 0 aliphatic carbocycles. The van der Waals surface area contributed by atoms with Gasteiger partial charge in [0.1, 0.15) is 6.29 Å². The van der Waals surface area contributed by atoms with Gasteiger partial charge in [-0.3, -0.25) is 4.79 Å². The molecule has 0 saturated carbocycles. The summed E-state index contributed by atoms with van der Waals surface area (Å²) in [6.45, 7) is 3.65. The Bertz CT molecular complexity index is 142. The Morgan fingerprint density at radius 1 is 1.55 bits per heavy atom. The summed E-state index contributed by atoms with van der Waals surface area (Å²) in [4.78, 5) is 21.0. The second kappa shape index (κ2) is 4.88. The summed E-state index contributed by atoms with van der Waals surface area (Å²) in [6.07, 6.45) is 1.17. The lowest BCUT2D eigenvalue weighted by atomic mass is 9.94. The molecule has 0 amide bonds. The standard InChI is InChI=1S/C8H14O3/c1-6(7(2)5-9)4-8(10)11-3/h5-7H,4H2,1-3H3/t6-,7+/m0/s1. The van der Waals surface area contributed by atoms with Gasteiger partial charge in [-0.15, -0.1) is 0 Å². The second-order valence-electron chi connectivity index (χ2n) is 2.75. The Morgan fingerprint density at radius 3 is 2.45 bits per heavy atom. The highest BCUT2D eigenvalue weighted by Gasteiger charge is 2.15. The van der Waals surface area contributed by atoms with Crippen molar-refractivity contribution in [2.24, 2.45) is 11.8 Å². The highest BCUT2D eigenvalue weighted by molar-refractivity contribution is 5.70. The van der Waals surface area contributed by atoms with Gasteiger partial charge in [-0.1, -0.05) is 13.8 Å². The van der Waals surface area contributed by atoms with E-state index in [9.17, 15) is 9.59 Å². The van der Waals surface area contributed by atoms with E-state index in [1.165, 1.54) is 7.11 Å². The van der Waals surface area contributed by atoms with E-state index in [2.05, 4.69) is 4.74 Å². The summed E-state index contributed by atoms with van der Waals surface area (Å²) in [5, 5.41) is 0. The Morgan fingerprint density at radius 2 is 2.09 bits per heavy atom. The normalized spacial score (nSPS) is 15.2. The number of hydrogen-bond donors (Lipinski definition) is 0. The van der Waals surface area contributed by atoms with Crippen LogP contribution in [-0.2, 0) is 14.3 Å². The molecule has 2 atom stereocenters. The number of esters is 1. The lowest BCUT2D eigenvalue weighted by Crippen LogP contribution is -2.14. The van der Waals surface area contributed by atoms with Crippen LogP contribution in [0.4, 0.5) is 0 Å². The molecular weight excluding hydrogens is 144 g/mol. The fraction of sp³-hybridized carbons (Fsp3) is 0.750. The van der Waals surface area contributed by atoms with Crippen LogP contribution in [0, 0.1) is 11.8 Å². The zero-order chi connectivity index (χ0) is 8.85. The molecule has 0 aliphatic heterocycles. The molecule has 0 radical (unpaired) electrons. The quantitative estimate of drug-likeness (QED) is 0.453. The molecule has 0 unspecified atom stereocenters. The highest BCUT2D eigenvalue weighted by atomic mass is 16.5. The van der Waals surface area contributed by atoms with Crippen LogP contribution in [-0.4, -0.2) is 19.4 Å². The van der Waals surface area contributed by atoms with Crippen molar-refractivity contribution in [1.29, 1.82) is 0 Å². The van der Waals surface area contributed by atoms with Crippen LogP contribution < -0.4 is 0 Å². The van der Waals surface area contributed by atoms with E-state index in [4.69, 9.17) is 0 Å². The van der Waals surface area contributed by atoms with Gasteiger partial charge in [0.05, 0.1) is 7.11 Å². The Labute approximate surface area is 66.7 Å². The van der Waals surface area contributed by atoms with Crippen LogP contribution in [0.25, 0.3) is 0 Å². The molecule has 0 aromatic carbocycles. The molecule has 64 valence electrons. The predicted molar refractivity (Wildman–Crippen MR) is 41.0 cm³/mol. The Hall–Kier alpha value is -0.860. The van der Waals surface area contributed by atoms with Crippen molar-refractivity contribution in [3.05, 3.63) is 0 Å². The number of aldehydes is 1. The summed E-state index contributed by atoms with van der Waals surface area (Å²) in [7, 11) is 1.35. The highest BCUT2D eigenvalue weighted by Crippen LogP contribution is 2.12. The van der Waals surface area contributed by atoms with E-state index in [1.54, 1.807) is 6.92 Å². The SMILES string of the molecule is COC(=O)C[C@H](C)[C@H](C)C=O. The fourth-order valence-electron chi connectivity index (χ4n) is 0.666. The summed E-state index contributed by atoms with van der Waals surface area (Å²) < 4.78 is 4.46. The van der Waals surface area contributed by atoms with Gasteiger partial charge in [-0.25, -0.2) is 0 Å². The van der Waals surface area contributed by atoms with Crippen molar-refractivity contribution >= 4 is 12.3 Å². The van der Waals surface area contributed by atoms with E-state index in [1.807, 2.05) is 6.92 Å². The maximum Gasteiger partial charge on any atom is 0.305 e. The Balaban J connectivity index is 3.76. The smallest absolute Gasteiger partial charge is 0.305 e. The predicted octanol–water partition coefficient (Wildman–Crippen LogP) is 1.02. The minimum absolute atomic E-state index is 0.0694. The number of rotatable bonds is 4. The topological polar surface area (TPSA) is 43.4 Å². The van der Waals surface area contributed by atoms with Crippen LogP contribution in [0.15, 0.2) is 0 Å². The molecule has 3 heteroatoms. The van der Waals surface area contributed by atoms with E-state index in [0.717, 1.165) is 6.29 Å². The number of carbonyl (C=O) groups excluding carboxylic acids is 2. The number of carbonyl (C=O) groups is 2. The van der Waals surface area contributed by atoms with Crippen LogP contribution in [0.2, 0.25) is 0 Å². The van der Waals surface area contributed by atoms with Crippen molar-refractivity contribution in [2.45, 2.75) is 20.3 Å². The van der Waals surface area contributed by atoms with Crippen molar-refractivity contribution in [3.63, 3.8) is 0 Å². The summed E-state index contributed by atoms with van der Waals surface area (Å²) in [5.41, 5.74) is 0. The monoisotopic (exact) mass is 158 g/mol. The lowest BCUT2D eigenvalue weighted by Gasteiger charge is -2.11. The van der Waals surface area contributed by atoms with Crippen molar-refractivity contribution in [3.8, 4) is 0 Å². The van der Waals surface area contributed by atoms with Gasteiger partial charge in [0, 0.05) is 12.3 Å². The van der Waals surface area contributed by atoms with Gasteiger partial charge in [0.25, 0.3) is 0 Å². The van der Waals surface area contributed by atoms with Crippen molar-refractivity contribution in [1.82, 2.24) is 0 Å². The maximum atomic E-state index is 10.7. The maximum absolute atomic E-state index is 10.7. The number of hydrogen-bond acceptors (Lipinski definition) is 3. The molecule has 0 rings (SSSR count). The molecule has 0 aromatic heterocycles. The Kier molecular flexibility index (Phi) is 4.50. The average molecular weight is 158 g/mol. The van der Waals surface area contributed by atoms with Gasteiger partial charge in [0.2, 0.25) is 0 Å². The van der Waals surface area contributed by atoms with Gasteiger partial charge in [-0.05, 0) is 5.92 Å². The first kappa shape index (κ1) is 10.1. The summed E-state index contributed by atoms with van der Waals surface area (Å²) in [6, 6.07) is 0. The van der Waals surface area contributed by atoms with Gasteiger partial charge in [0.15, 0.2) is 0 Å². The molecule has 0 aliphatic rings. The largest absolute Gasteiger partial charge is 0.469 e. The zero-order valence-electron chi connectivity index (χ0n) is 7.16. The summed E-state index contributed by atoms with van der Waals surface area (Å²) >= 11 is 0. The van der Waals surface area contributed by atoms with Crippen LogP contribution in [0.3, 0.4) is 0 Å². The third kappa shape index (κ3) is 3.75. The van der Waals surface area contributed by atoms with E-state index < -0.39 is 0 Å². The molecular formula is C8H14O3. The molecule has 0 aromatic rings. The first-order chi connectivity index (χ1) is 5.11. The van der Waals surface area contributed by atoms with Gasteiger partial charge < -0.3 is 9.53 Å². The third-order valence-electron chi connectivity index (χ3n) is 1.83. The van der Waals surface area contributed by atoms with Crippen molar-refractivity contribution < 1.29 is 14.3 Å². The third-order valence-corrected chi connectivity index (χ3v) is 1.83. The first-order valence-corrected chi connectivity index (χ1v) is 3.64. The van der Waals surface area contributed by atoms with Gasteiger partial charge >= 0.3 is 5.97 Å². The minimum atomic E-state index is -0.258. The molecule has 0 N–H and O–H groups in total. The zero-order valence-corrected chi connectivity index (χ0v) is 7.16. The molecule has 0 saturated heterocycles. The van der Waals surface area contributed by atoms with Crippen LogP contribution >= 0.6 is 0 Å². The van der Waals surface area contributed by atoms with Crippen LogP contribution in [0.5, 0.6) is 0 Å². The lowest BCUT2D eigenvalue weighted by molar-refractivity contribution is -0.142. The minimum Gasteiger partial charge on any atom is -0.469 e. The molecule has 0 heterocycles. The molecule has 0 spiro atoms. The molecule has 0 fully saturated rings. The summed E-state index contributed by atoms with van der Waals surface area (Å²) in [5.74, 6) is -0.264. The van der Waals surface area contributed by atoms with Gasteiger partial charge in [-0.2, -0.15) is 0 Å². The molecule has 3 nitrogen and oxygen atoms in total.